The molecule has 2 aliphatic heterocycles. The highest BCUT2D eigenvalue weighted by molar-refractivity contribution is 6.06. The minimum atomic E-state index is -0.0682. The van der Waals surface area contributed by atoms with Crippen molar-refractivity contribution >= 4 is 22.8 Å². The summed E-state index contributed by atoms with van der Waals surface area (Å²) >= 11 is 0. The van der Waals surface area contributed by atoms with Crippen LogP contribution in [0.2, 0.25) is 0 Å². The standard InChI is InChI=1S/C20H25N5O2/c1-11(2)25-18-15(9-22-25)14(8-16(23-18)12-5-6-12)20(27)24-7-3-4-13-17(24)10-21-19(13)26/h8-9,11-13,17H,3-7,10H2,1-2H3,(H,21,26)/t13-,17-/m1/s1. The van der Waals surface area contributed by atoms with Gasteiger partial charge in [-0.2, -0.15) is 5.10 Å². The predicted molar refractivity (Wildman–Crippen MR) is 100 cm³/mol. The van der Waals surface area contributed by atoms with Crippen LogP contribution in [0.4, 0.5) is 0 Å². The van der Waals surface area contributed by atoms with Gasteiger partial charge in [-0.1, -0.05) is 0 Å². The number of pyridine rings is 1. The van der Waals surface area contributed by atoms with E-state index in [0.717, 1.165) is 42.4 Å². The Labute approximate surface area is 158 Å². The van der Waals surface area contributed by atoms with Crippen LogP contribution in [0, 0.1) is 5.92 Å². The van der Waals surface area contributed by atoms with Crippen molar-refractivity contribution in [2.75, 3.05) is 13.1 Å². The van der Waals surface area contributed by atoms with Crippen LogP contribution < -0.4 is 5.32 Å². The zero-order valence-electron chi connectivity index (χ0n) is 15.8. The average molecular weight is 367 g/mol. The van der Waals surface area contributed by atoms with Gasteiger partial charge in [0, 0.05) is 30.7 Å². The molecule has 1 aliphatic carbocycles. The topological polar surface area (TPSA) is 80.1 Å². The van der Waals surface area contributed by atoms with Crippen LogP contribution in [-0.2, 0) is 4.79 Å². The summed E-state index contributed by atoms with van der Waals surface area (Å²) in [6, 6.07) is 2.12. The van der Waals surface area contributed by atoms with E-state index in [1.807, 2.05) is 15.6 Å². The maximum absolute atomic E-state index is 13.6. The number of likely N-dealkylation sites (tertiary alicyclic amines) is 1. The zero-order valence-corrected chi connectivity index (χ0v) is 15.8. The number of hydrogen-bond acceptors (Lipinski definition) is 4. The lowest BCUT2D eigenvalue weighted by molar-refractivity contribution is -0.123. The molecule has 3 aliphatic rings. The molecule has 2 aromatic heterocycles. The Morgan fingerprint density at radius 2 is 2.11 bits per heavy atom. The first-order valence-corrected chi connectivity index (χ1v) is 10.0. The number of rotatable bonds is 3. The second-order valence-corrected chi connectivity index (χ2v) is 8.35. The highest BCUT2D eigenvalue weighted by Crippen LogP contribution is 2.41. The van der Waals surface area contributed by atoms with E-state index in [2.05, 4.69) is 24.3 Å². The van der Waals surface area contributed by atoms with Gasteiger partial charge in [-0.25, -0.2) is 9.67 Å². The van der Waals surface area contributed by atoms with Gasteiger partial charge in [-0.15, -0.1) is 0 Å². The molecule has 1 saturated carbocycles. The Morgan fingerprint density at radius 1 is 1.30 bits per heavy atom. The van der Waals surface area contributed by atoms with Crippen molar-refractivity contribution in [3.63, 3.8) is 0 Å². The van der Waals surface area contributed by atoms with E-state index in [-0.39, 0.29) is 29.8 Å². The van der Waals surface area contributed by atoms with Crippen molar-refractivity contribution in [1.29, 1.82) is 0 Å². The Balaban J connectivity index is 1.59. The molecule has 0 spiro atoms. The fraction of sp³-hybridized carbons (Fsp3) is 0.600. The Kier molecular flexibility index (Phi) is 3.74. The molecule has 7 heteroatoms. The number of carbonyl (C=O) groups is 2. The van der Waals surface area contributed by atoms with Gasteiger partial charge in [-0.3, -0.25) is 9.59 Å². The van der Waals surface area contributed by atoms with Gasteiger partial charge >= 0.3 is 0 Å². The minimum Gasteiger partial charge on any atom is -0.354 e. The van der Waals surface area contributed by atoms with Gasteiger partial charge in [0.15, 0.2) is 5.65 Å². The molecule has 2 amide bonds. The van der Waals surface area contributed by atoms with Crippen LogP contribution in [-0.4, -0.2) is 50.6 Å². The largest absolute Gasteiger partial charge is 0.354 e. The summed E-state index contributed by atoms with van der Waals surface area (Å²) in [5.41, 5.74) is 2.49. The van der Waals surface area contributed by atoms with Crippen LogP contribution in [0.1, 0.15) is 67.5 Å². The van der Waals surface area contributed by atoms with Crippen molar-refractivity contribution in [2.45, 2.75) is 57.5 Å². The molecule has 0 bridgehead atoms. The number of piperidine rings is 1. The average Bonchev–Trinajstić information content (AvgIpc) is 3.32. The molecular weight excluding hydrogens is 342 g/mol. The summed E-state index contributed by atoms with van der Waals surface area (Å²) in [7, 11) is 0. The van der Waals surface area contributed by atoms with Crippen molar-refractivity contribution in [1.82, 2.24) is 25.0 Å². The summed E-state index contributed by atoms with van der Waals surface area (Å²) < 4.78 is 1.90. The fourth-order valence-corrected chi connectivity index (χ4v) is 4.54. The number of fused-ring (bicyclic) bond motifs is 2. The molecule has 7 nitrogen and oxygen atoms in total. The van der Waals surface area contributed by atoms with Crippen molar-refractivity contribution in [2.24, 2.45) is 5.92 Å². The van der Waals surface area contributed by atoms with E-state index in [1.165, 1.54) is 0 Å². The number of amides is 2. The molecule has 1 N–H and O–H groups in total. The molecule has 2 saturated heterocycles. The van der Waals surface area contributed by atoms with Gasteiger partial charge < -0.3 is 10.2 Å². The van der Waals surface area contributed by atoms with Crippen molar-refractivity contribution in [3.8, 4) is 0 Å². The van der Waals surface area contributed by atoms with Crippen LogP contribution in [0.25, 0.3) is 11.0 Å². The Morgan fingerprint density at radius 3 is 2.85 bits per heavy atom. The molecule has 0 unspecified atom stereocenters. The molecule has 0 aromatic carbocycles. The molecule has 5 rings (SSSR count). The molecule has 2 atom stereocenters. The van der Waals surface area contributed by atoms with Crippen LogP contribution in [0.15, 0.2) is 12.3 Å². The summed E-state index contributed by atoms with van der Waals surface area (Å²) in [5.74, 6) is 0.490. The SMILES string of the molecule is CC(C)n1ncc2c(C(=O)N3CCC[C@H]4C(=O)NC[C@H]43)cc(C3CC3)nc21. The Bertz CT molecular complexity index is 930. The van der Waals surface area contributed by atoms with Crippen LogP contribution in [0.5, 0.6) is 0 Å². The van der Waals surface area contributed by atoms with Gasteiger partial charge in [0.05, 0.1) is 29.1 Å². The zero-order chi connectivity index (χ0) is 18.7. The molecular formula is C20H25N5O2. The van der Waals surface area contributed by atoms with Gasteiger partial charge in [0.25, 0.3) is 5.91 Å². The number of aromatic nitrogens is 3. The lowest BCUT2D eigenvalue weighted by Crippen LogP contribution is -2.48. The highest BCUT2D eigenvalue weighted by atomic mass is 16.2. The molecule has 3 fully saturated rings. The Hall–Kier alpha value is -2.44. The second-order valence-electron chi connectivity index (χ2n) is 8.35. The van der Waals surface area contributed by atoms with Gasteiger partial charge in [0.1, 0.15) is 0 Å². The first kappa shape index (κ1) is 16.7. The lowest BCUT2D eigenvalue weighted by atomic mass is 9.90. The number of carbonyl (C=O) groups excluding carboxylic acids is 2. The van der Waals surface area contributed by atoms with Gasteiger partial charge in [0.2, 0.25) is 5.91 Å². The smallest absolute Gasteiger partial charge is 0.255 e. The second kappa shape index (κ2) is 6.04. The summed E-state index contributed by atoms with van der Waals surface area (Å²) in [6.07, 6.45) is 5.77. The first-order chi connectivity index (χ1) is 13.0. The van der Waals surface area contributed by atoms with E-state index in [1.54, 1.807) is 6.20 Å². The van der Waals surface area contributed by atoms with E-state index in [4.69, 9.17) is 4.98 Å². The molecule has 2 aromatic rings. The quantitative estimate of drug-likeness (QED) is 0.902. The lowest BCUT2D eigenvalue weighted by Gasteiger charge is -2.36. The number of nitrogens with one attached hydrogen (secondary N) is 1. The van der Waals surface area contributed by atoms with Crippen LogP contribution in [0.3, 0.4) is 0 Å². The van der Waals surface area contributed by atoms with Crippen LogP contribution >= 0.6 is 0 Å². The monoisotopic (exact) mass is 367 g/mol. The van der Waals surface area contributed by atoms with E-state index < -0.39 is 0 Å². The van der Waals surface area contributed by atoms with E-state index in [9.17, 15) is 9.59 Å². The first-order valence-electron chi connectivity index (χ1n) is 10.0. The maximum Gasteiger partial charge on any atom is 0.255 e. The predicted octanol–water partition coefficient (Wildman–Crippen LogP) is 2.24. The minimum absolute atomic E-state index is 0.0128. The number of nitrogens with zero attached hydrogens (tertiary/aromatic N) is 4. The summed E-state index contributed by atoms with van der Waals surface area (Å²) in [5, 5.41) is 8.25. The molecule has 0 radical (unpaired) electrons. The fourth-order valence-electron chi connectivity index (χ4n) is 4.54. The molecule has 142 valence electrons. The summed E-state index contributed by atoms with van der Waals surface area (Å²) in [4.78, 5) is 32.4. The summed E-state index contributed by atoms with van der Waals surface area (Å²) in [6.45, 7) is 5.41. The third-order valence-corrected chi connectivity index (χ3v) is 6.16. The van der Waals surface area contributed by atoms with Gasteiger partial charge in [-0.05, 0) is 45.6 Å². The van der Waals surface area contributed by atoms with Crippen molar-refractivity contribution in [3.05, 3.63) is 23.5 Å². The third-order valence-electron chi connectivity index (χ3n) is 6.16. The number of hydrogen-bond donors (Lipinski definition) is 1. The maximum atomic E-state index is 13.6. The normalized spacial score (nSPS) is 25.1. The highest BCUT2D eigenvalue weighted by Gasteiger charge is 2.43. The van der Waals surface area contributed by atoms with E-state index >= 15 is 0 Å². The third kappa shape index (κ3) is 2.63. The van der Waals surface area contributed by atoms with Crippen molar-refractivity contribution < 1.29 is 9.59 Å². The molecule has 27 heavy (non-hydrogen) atoms. The molecule has 4 heterocycles. The van der Waals surface area contributed by atoms with E-state index in [0.29, 0.717) is 24.6 Å².